The smallest absolute Gasteiger partial charge is 0.211 e. The van der Waals surface area contributed by atoms with E-state index in [0.717, 1.165) is 5.69 Å². The molecule has 5 heteroatoms. The first-order valence-corrected chi connectivity index (χ1v) is 4.82. The molecule has 0 amide bonds. The Morgan fingerprint density at radius 2 is 2.27 bits per heavy atom. The second kappa shape index (κ2) is 3.86. The zero-order chi connectivity index (χ0) is 10.8. The largest absolute Gasteiger partial charge is 0.437 e. The molecule has 5 nitrogen and oxygen atoms in total. The van der Waals surface area contributed by atoms with Gasteiger partial charge in [0.15, 0.2) is 5.76 Å². The molecule has 0 spiro atoms. The summed E-state index contributed by atoms with van der Waals surface area (Å²) in [5.74, 6) is 1.38. The summed E-state index contributed by atoms with van der Waals surface area (Å²) in [5.41, 5.74) is 0.805. The Hall–Kier alpha value is -1.62. The van der Waals surface area contributed by atoms with Gasteiger partial charge in [-0.15, -0.1) is 0 Å². The van der Waals surface area contributed by atoms with Gasteiger partial charge in [0.05, 0.1) is 18.6 Å². The van der Waals surface area contributed by atoms with Crippen LogP contribution in [0.4, 0.5) is 0 Å². The van der Waals surface area contributed by atoms with E-state index in [1.807, 2.05) is 31.8 Å². The van der Waals surface area contributed by atoms with E-state index < -0.39 is 0 Å². The van der Waals surface area contributed by atoms with Crippen LogP contribution >= 0.6 is 0 Å². The molecule has 2 rings (SSSR count). The lowest BCUT2D eigenvalue weighted by molar-refractivity contribution is 0.440. The standard InChI is InChI=1S/C10H14N4O/c1-7(11-2)10-12-4-9(15-10)8-5-14(3)6-13-8/h4-7,11H,1-3H3. The normalized spacial score (nSPS) is 13.0. The molecule has 15 heavy (non-hydrogen) atoms. The molecule has 0 saturated heterocycles. The van der Waals surface area contributed by atoms with E-state index in [1.165, 1.54) is 0 Å². The number of nitrogens with one attached hydrogen (secondary N) is 1. The van der Waals surface area contributed by atoms with Crippen LogP contribution in [0, 0.1) is 0 Å². The lowest BCUT2D eigenvalue weighted by Gasteiger charge is -2.02. The molecule has 0 bridgehead atoms. The predicted molar refractivity (Wildman–Crippen MR) is 56.2 cm³/mol. The van der Waals surface area contributed by atoms with E-state index in [-0.39, 0.29) is 6.04 Å². The van der Waals surface area contributed by atoms with Gasteiger partial charge in [0, 0.05) is 13.2 Å². The van der Waals surface area contributed by atoms with Crippen LogP contribution in [0.1, 0.15) is 18.9 Å². The third-order valence-corrected chi connectivity index (χ3v) is 2.28. The summed E-state index contributed by atoms with van der Waals surface area (Å²) in [6.45, 7) is 1.99. The van der Waals surface area contributed by atoms with E-state index in [2.05, 4.69) is 15.3 Å². The van der Waals surface area contributed by atoms with Gasteiger partial charge in [-0.25, -0.2) is 9.97 Å². The average molecular weight is 206 g/mol. The van der Waals surface area contributed by atoms with Crippen molar-refractivity contribution in [3.63, 3.8) is 0 Å². The molecule has 1 unspecified atom stereocenters. The summed E-state index contributed by atoms with van der Waals surface area (Å²) in [4.78, 5) is 8.39. The first kappa shape index (κ1) is 9.92. The highest BCUT2D eigenvalue weighted by molar-refractivity contribution is 5.49. The lowest BCUT2D eigenvalue weighted by atomic mass is 10.3. The zero-order valence-electron chi connectivity index (χ0n) is 9.06. The maximum Gasteiger partial charge on any atom is 0.211 e. The van der Waals surface area contributed by atoms with Crippen molar-refractivity contribution in [2.45, 2.75) is 13.0 Å². The number of oxazole rings is 1. The minimum atomic E-state index is 0.113. The highest BCUT2D eigenvalue weighted by Gasteiger charge is 2.12. The van der Waals surface area contributed by atoms with Gasteiger partial charge in [-0.2, -0.15) is 0 Å². The van der Waals surface area contributed by atoms with Gasteiger partial charge in [0.2, 0.25) is 5.89 Å². The van der Waals surface area contributed by atoms with Crippen LogP contribution in [0.25, 0.3) is 11.5 Å². The van der Waals surface area contributed by atoms with Crippen LogP contribution in [0.5, 0.6) is 0 Å². The molecule has 80 valence electrons. The fraction of sp³-hybridized carbons (Fsp3) is 0.400. The Balaban J connectivity index is 2.27. The van der Waals surface area contributed by atoms with E-state index in [0.29, 0.717) is 11.7 Å². The van der Waals surface area contributed by atoms with Gasteiger partial charge in [0.1, 0.15) is 5.69 Å². The van der Waals surface area contributed by atoms with Crippen LogP contribution in [-0.4, -0.2) is 21.6 Å². The van der Waals surface area contributed by atoms with Crippen molar-refractivity contribution in [2.75, 3.05) is 7.05 Å². The Morgan fingerprint density at radius 3 is 2.87 bits per heavy atom. The van der Waals surface area contributed by atoms with Crippen molar-refractivity contribution in [2.24, 2.45) is 7.05 Å². The molecule has 2 aromatic rings. The van der Waals surface area contributed by atoms with Gasteiger partial charge < -0.3 is 14.3 Å². The molecule has 2 aromatic heterocycles. The van der Waals surface area contributed by atoms with E-state index in [9.17, 15) is 0 Å². The maximum atomic E-state index is 5.59. The number of aryl methyl sites for hydroxylation is 1. The van der Waals surface area contributed by atoms with Crippen molar-refractivity contribution in [1.82, 2.24) is 19.9 Å². The van der Waals surface area contributed by atoms with Gasteiger partial charge in [-0.1, -0.05) is 0 Å². The lowest BCUT2D eigenvalue weighted by Crippen LogP contribution is -2.12. The molecule has 0 aromatic carbocycles. The van der Waals surface area contributed by atoms with E-state index in [1.54, 1.807) is 12.5 Å². The topological polar surface area (TPSA) is 55.9 Å². The second-order valence-corrected chi connectivity index (χ2v) is 3.50. The summed E-state index contributed by atoms with van der Waals surface area (Å²) >= 11 is 0. The van der Waals surface area contributed by atoms with Crippen LogP contribution in [0.3, 0.4) is 0 Å². The summed E-state index contributed by atoms with van der Waals surface area (Å²) in [5, 5.41) is 3.07. The average Bonchev–Trinajstić information content (AvgIpc) is 2.84. The third-order valence-electron chi connectivity index (χ3n) is 2.28. The van der Waals surface area contributed by atoms with E-state index >= 15 is 0 Å². The Morgan fingerprint density at radius 1 is 1.47 bits per heavy atom. The van der Waals surface area contributed by atoms with Gasteiger partial charge >= 0.3 is 0 Å². The molecule has 0 aliphatic rings. The molecule has 0 radical (unpaired) electrons. The molecule has 0 saturated carbocycles. The Kier molecular flexibility index (Phi) is 2.55. The first-order chi connectivity index (χ1) is 7.20. The fourth-order valence-electron chi connectivity index (χ4n) is 1.27. The maximum absolute atomic E-state index is 5.59. The number of imidazole rings is 1. The third kappa shape index (κ3) is 1.92. The van der Waals surface area contributed by atoms with Crippen molar-refractivity contribution >= 4 is 0 Å². The summed E-state index contributed by atoms with van der Waals surface area (Å²) in [6.07, 6.45) is 5.33. The molecule has 0 fully saturated rings. The Labute approximate surface area is 88.2 Å². The minimum absolute atomic E-state index is 0.113. The van der Waals surface area contributed by atoms with Crippen LogP contribution in [-0.2, 0) is 7.05 Å². The zero-order valence-corrected chi connectivity index (χ0v) is 9.06. The van der Waals surface area contributed by atoms with Crippen molar-refractivity contribution in [3.05, 3.63) is 24.6 Å². The number of hydrogen-bond donors (Lipinski definition) is 1. The molecular weight excluding hydrogens is 192 g/mol. The van der Waals surface area contributed by atoms with Gasteiger partial charge in [0.25, 0.3) is 0 Å². The van der Waals surface area contributed by atoms with Crippen molar-refractivity contribution in [3.8, 4) is 11.5 Å². The molecule has 2 heterocycles. The fourth-order valence-corrected chi connectivity index (χ4v) is 1.27. The van der Waals surface area contributed by atoms with Crippen LogP contribution in [0.15, 0.2) is 23.1 Å². The number of rotatable bonds is 3. The molecule has 1 N–H and O–H groups in total. The Bertz CT molecular complexity index is 446. The number of aromatic nitrogens is 3. The first-order valence-electron chi connectivity index (χ1n) is 4.82. The molecule has 0 aliphatic heterocycles. The second-order valence-electron chi connectivity index (χ2n) is 3.50. The van der Waals surface area contributed by atoms with Gasteiger partial charge in [-0.05, 0) is 14.0 Å². The molecular formula is C10H14N4O. The minimum Gasteiger partial charge on any atom is -0.437 e. The van der Waals surface area contributed by atoms with Crippen LogP contribution in [0.2, 0.25) is 0 Å². The van der Waals surface area contributed by atoms with Crippen LogP contribution < -0.4 is 5.32 Å². The summed E-state index contributed by atoms with van der Waals surface area (Å²) < 4.78 is 7.46. The predicted octanol–water partition coefficient (Wildman–Crippen LogP) is 1.36. The quantitative estimate of drug-likeness (QED) is 0.823. The highest BCUT2D eigenvalue weighted by atomic mass is 16.4. The van der Waals surface area contributed by atoms with Crippen molar-refractivity contribution in [1.29, 1.82) is 0 Å². The molecule has 0 aliphatic carbocycles. The number of nitrogens with zero attached hydrogens (tertiary/aromatic N) is 3. The highest BCUT2D eigenvalue weighted by Crippen LogP contribution is 2.20. The molecule has 1 atom stereocenters. The SMILES string of the molecule is CNC(C)c1ncc(-c2cn(C)cn2)o1. The van der Waals surface area contributed by atoms with Gasteiger partial charge in [-0.3, -0.25) is 0 Å². The summed E-state index contributed by atoms with van der Waals surface area (Å²) in [6, 6.07) is 0.113. The number of hydrogen-bond acceptors (Lipinski definition) is 4. The summed E-state index contributed by atoms with van der Waals surface area (Å²) in [7, 11) is 3.79. The van der Waals surface area contributed by atoms with Crippen molar-refractivity contribution < 1.29 is 4.42 Å². The monoisotopic (exact) mass is 206 g/mol. The van der Waals surface area contributed by atoms with E-state index in [4.69, 9.17) is 4.42 Å².